The summed E-state index contributed by atoms with van der Waals surface area (Å²) in [6, 6.07) is -1.90. The van der Waals surface area contributed by atoms with Gasteiger partial charge in [0, 0.05) is 12.5 Å². The maximum absolute atomic E-state index is 12.7. The molecule has 0 radical (unpaired) electrons. The van der Waals surface area contributed by atoms with Gasteiger partial charge in [-0.3, -0.25) is 14.4 Å². The van der Waals surface area contributed by atoms with E-state index in [1.165, 1.54) is 26.2 Å². The molecule has 176 valence electrons. The van der Waals surface area contributed by atoms with Gasteiger partial charge < -0.3 is 27.2 Å². The first-order valence-electron chi connectivity index (χ1n) is 11.4. The Kier molecular flexibility index (Phi) is 15.4. The summed E-state index contributed by atoms with van der Waals surface area (Å²) in [6.07, 6.45) is 6.50. The smallest absolute Gasteiger partial charge is 0.245 e. The van der Waals surface area contributed by atoms with Crippen LogP contribution < -0.4 is 22.1 Å². The number of nitrogens with two attached hydrogens (primary N) is 2. The number of carbonyl (C=O) groups excluding carboxylic acids is 3. The number of unbranched alkanes of at least 4 members (excludes halogenated alkanes) is 5. The van der Waals surface area contributed by atoms with Crippen molar-refractivity contribution in [2.45, 2.75) is 97.2 Å². The fourth-order valence-electron chi connectivity index (χ4n) is 3.32. The van der Waals surface area contributed by atoms with E-state index >= 15 is 0 Å². The number of hydrogen-bond acceptors (Lipinski definition) is 6. The van der Waals surface area contributed by atoms with Crippen LogP contribution in [0.5, 0.6) is 0 Å². The van der Waals surface area contributed by atoms with Gasteiger partial charge in [-0.1, -0.05) is 59.3 Å². The maximum Gasteiger partial charge on any atom is 0.245 e. The second kappa shape index (κ2) is 16.2. The van der Waals surface area contributed by atoms with E-state index in [1.54, 1.807) is 13.8 Å². The summed E-state index contributed by atoms with van der Waals surface area (Å²) < 4.78 is 0. The summed E-state index contributed by atoms with van der Waals surface area (Å²) in [7, 11) is 0. The van der Waals surface area contributed by atoms with E-state index in [9.17, 15) is 19.5 Å². The summed E-state index contributed by atoms with van der Waals surface area (Å²) in [5, 5.41) is 15.3. The molecule has 0 aromatic carbocycles. The minimum absolute atomic E-state index is 0.132. The molecule has 0 aliphatic heterocycles. The average Bonchev–Trinajstić information content (AvgIpc) is 2.69. The lowest BCUT2D eigenvalue weighted by Crippen LogP contribution is -2.57. The van der Waals surface area contributed by atoms with E-state index in [4.69, 9.17) is 11.5 Å². The number of carbonyl (C=O) groups is 3. The van der Waals surface area contributed by atoms with Gasteiger partial charge in [-0.15, -0.1) is 0 Å². The predicted molar refractivity (Wildman–Crippen MR) is 120 cm³/mol. The van der Waals surface area contributed by atoms with Gasteiger partial charge in [-0.25, -0.2) is 0 Å². The molecule has 0 fully saturated rings. The summed E-state index contributed by atoms with van der Waals surface area (Å²) in [5.41, 5.74) is 11.3. The van der Waals surface area contributed by atoms with E-state index < -0.39 is 30.0 Å². The molecule has 0 spiro atoms. The summed E-state index contributed by atoms with van der Waals surface area (Å²) in [5.74, 6) is -1.76. The molecule has 0 aliphatic carbocycles. The fourth-order valence-corrected chi connectivity index (χ4v) is 3.32. The second-order valence-electron chi connectivity index (χ2n) is 8.41. The molecule has 0 bridgehead atoms. The van der Waals surface area contributed by atoms with Gasteiger partial charge in [0.1, 0.15) is 6.04 Å². The standard InChI is InChI=1S/C22H44N4O4/c1-5-6-7-8-9-10-11-17(14-24)21(29)26-19(16(4)27)22(30)25-18(12-13-23)20(28)15(2)3/h15-19,27H,5-14,23-24H2,1-4H3,(H,25,30)(H,26,29)/t16-,17?,18-,19-/m0/s1. The van der Waals surface area contributed by atoms with Crippen molar-refractivity contribution in [1.82, 2.24) is 10.6 Å². The summed E-state index contributed by atoms with van der Waals surface area (Å²) in [6.45, 7) is 7.51. The van der Waals surface area contributed by atoms with Crippen molar-refractivity contribution in [3.05, 3.63) is 0 Å². The van der Waals surface area contributed by atoms with Crippen LogP contribution in [0.15, 0.2) is 0 Å². The molecule has 1 unspecified atom stereocenters. The molecule has 30 heavy (non-hydrogen) atoms. The van der Waals surface area contributed by atoms with Gasteiger partial charge in [0.05, 0.1) is 18.1 Å². The highest BCUT2D eigenvalue weighted by molar-refractivity contribution is 5.94. The summed E-state index contributed by atoms with van der Waals surface area (Å²) >= 11 is 0. The Balaban J connectivity index is 4.87. The number of amides is 2. The molecular formula is C22H44N4O4. The Morgan fingerprint density at radius 2 is 1.47 bits per heavy atom. The first kappa shape index (κ1) is 28.5. The van der Waals surface area contributed by atoms with E-state index in [0.717, 1.165) is 19.3 Å². The van der Waals surface area contributed by atoms with Gasteiger partial charge in [-0.05, 0) is 26.3 Å². The molecule has 0 aromatic rings. The Hall–Kier alpha value is -1.51. The van der Waals surface area contributed by atoms with Crippen LogP contribution >= 0.6 is 0 Å². The van der Waals surface area contributed by atoms with E-state index in [1.807, 2.05) is 0 Å². The third-order valence-electron chi connectivity index (χ3n) is 5.31. The monoisotopic (exact) mass is 428 g/mol. The number of Topliss-reactive ketones (excluding diaryl/α,β-unsaturated/α-hetero) is 1. The number of nitrogens with one attached hydrogen (secondary N) is 2. The van der Waals surface area contributed by atoms with Crippen molar-refractivity contribution in [2.24, 2.45) is 23.3 Å². The van der Waals surface area contributed by atoms with Gasteiger partial charge in [-0.2, -0.15) is 0 Å². The topological polar surface area (TPSA) is 148 Å². The Labute approximate surface area is 181 Å². The van der Waals surface area contributed by atoms with Gasteiger partial charge in [0.2, 0.25) is 11.8 Å². The summed E-state index contributed by atoms with van der Waals surface area (Å²) in [4.78, 5) is 37.7. The Morgan fingerprint density at radius 3 is 1.97 bits per heavy atom. The minimum Gasteiger partial charge on any atom is -0.391 e. The third kappa shape index (κ3) is 11.0. The fraction of sp³-hybridized carbons (Fsp3) is 0.864. The lowest BCUT2D eigenvalue weighted by Gasteiger charge is -2.26. The van der Waals surface area contributed by atoms with E-state index in [2.05, 4.69) is 17.6 Å². The van der Waals surface area contributed by atoms with Crippen LogP contribution in [0, 0.1) is 11.8 Å². The van der Waals surface area contributed by atoms with Gasteiger partial charge in [0.15, 0.2) is 5.78 Å². The number of ketones is 1. The van der Waals surface area contributed by atoms with Crippen molar-refractivity contribution in [2.75, 3.05) is 13.1 Å². The zero-order chi connectivity index (χ0) is 23.1. The highest BCUT2D eigenvalue weighted by Gasteiger charge is 2.31. The lowest BCUT2D eigenvalue weighted by molar-refractivity contribution is -0.135. The molecular weight excluding hydrogens is 384 g/mol. The van der Waals surface area contributed by atoms with Crippen LogP contribution in [-0.2, 0) is 14.4 Å². The SMILES string of the molecule is CCCCCCCCC(CN)C(=O)N[C@H](C(=O)N[C@@H](CCN)C(=O)C(C)C)[C@H](C)O. The normalized spacial score (nSPS) is 15.3. The molecule has 4 atom stereocenters. The molecule has 0 heterocycles. The van der Waals surface area contributed by atoms with Crippen LogP contribution in [0.25, 0.3) is 0 Å². The lowest BCUT2D eigenvalue weighted by atomic mass is 9.97. The van der Waals surface area contributed by atoms with Crippen molar-refractivity contribution in [3.63, 3.8) is 0 Å². The molecule has 0 saturated heterocycles. The number of aliphatic hydroxyl groups excluding tert-OH is 1. The number of hydrogen-bond donors (Lipinski definition) is 5. The first-order valence-corrected chi connectivity index (χ1v) is 11.4. The largest absolute Gasteiger partial charge is 0.391 e. The zero-order valence-electron chi connectivity index (χ0n) is 19.3. The molecule has 7 N–H and O–H groups in total. The van der Waals surface area contributed by atoms with Crippen molar-refractivity contribution >= 4 is 17.6 Å². The molecule has 8 heteroatoms. The van der Waals surface area contributed by atoms with E-state index in [-0.39, 0.29) is 30.7 Å². The quantitative estimate of drug-likeness (QED) is 0.220. The predicted octanol–water partition coefficient (Wildman–Crippen LogP) is 1.24. The minimum atomic E-state index is -1.16. The van der Waals surface area contributed by atoms with Crippen molar-refractivity contribution < 1.29 is 19.5 Å². The van der Waals surface area contributed by atoms with Gasteiger partial charge in [0.25, 0.3) is 0 Å². The van der Waals surface area contributed by atoms with Crippen molar-refractivity contribution in [3.8, 4) is 0 Å². The highest BCUT2D eigenvalue weighted by Crippen LogP contribution is 2.13. The van der Waals surface area contributed by atoms with Crippen LogP contribution in [0.1, 0.15) is 79.1 Å². The Bertz CT molecular complexity index is 511. The Morgan fingerprint density at radius 1 is 0.867 bits per heavy atom. The molecule has 2 amide bonds. The average molecular weight is 429 g/mol. The number of rotatable bonds is 17. The van der Waals surface area contributed by atoms with Crippen LogP contribution in [0.3, 0.4) is 0 Å². The van der Waals surface area contributed by atoms with Crippen LogP contribution in [0.4, 0.5) is 0 Å². The zero-order valence-corrected chi connectivity index (χ0v) is 19.3. The maximum atomic E-state index is 12.7. The molecule has 0 rings (SSSR count). The first-order chi connectivity index (χ1) is 14.2. The molecule has 0 aliphatic rings. The van der Waals surface area contributed by atoms with Crippen molar-refractivity contribution in [1.29, 1.82) is 0 Å². The molecule has 0 aromatic heterocycles. The third-order valence-corrected chi connectivity index (χ3v) is 5.31. The van der Waals surface area contributed by atoms with Gasteiger partial charge >= 0.3 is 0 Å². The molecule has 0 saturated carbocycles. The van der Waals surface area contributed by atoms with Crippen LogP contribution in [0.2, 0.25) is 0 Å². The highest BCUT2D eigenvalue weighted by atomic mass is 16.3. The second-order valence-corrected chi connectivity index (χ2v) is 8.41. The molecule has 8 nitrogen and oxygen atoms in total. The van der Waals surface area contributed by atoms with Crippen LogP contribution in [-0.4, -0.2) is 54.0 Å². The number of aliphatic hydroxyl groups is 1. The van der Waals surface area contributed by atoms with E-state index in [0.29, 0.717) is 12.8 Å².